The van der Waals surface area contributed by atoms with E-state index >= 15 is 0 Å². The molecule has 0 radical (unpaired) electrons. The number of hydrogen-bond donors (Lipinski definition) is 1. The van der Waals surface area contributed by atoms with Crippen molar-refractivity contribution in [2.75, 3.05) is 0 Å². The molecule has 0 saturated heterocycles. The van der Waals surface area contributed by atoms with E-state index in [-0.39, 0.29) is 0 Å². The Hall–Kier alpha value is -0.890. The lowest BCUT2D eigenvalue weighted by Gasteiger charge is -2.19. The van der Waals surface area contributed by atoms with Gasteiger partial charge in [-0.05, 0) is 30.4 Å². The van der Waals surface area contributed by atoms with Gasteiger partial charge < -0.3 is 5.32 Å². The van der Waals surface area contributed by atoms with Crippen molar-refractivity contribution >= 4 is 0 Å². The number of nitrogens with one attached hydrogen (secondary N) is 1. The molecular weight excluding hydrogens is 184 g/mol. The number of aromatic nitrogens is 1. The fourth-order valence-electron chi connectivity index (χ4n) is 2.55. The molecule has 2 nitrogen and oxygen atoms in total. The normalized spacial score (nSPS) is 25.7. The summed E-state index contributed by atoms with van der Waals surface area (Å²) in [5.41, 5.74) is 1.29. The van der Waals surface area contributed by atoms with Crippen molar-refractivity contribution in [3.05, 3.63) is 30.1 Å². The highest BCUT2D eigenvalue weighted by molar-refractivity contribution is 5.08. The van der Waals surface area contributed by atoms with E-state index in [1.807, 2.05) is 18.5 Å². The minimum atomic E-state index is 0.732. The highest BCUT2D eigenvalue weighted by atomic mass is 14.9. The van der Waals surface area contributed by atoms with Crippen LogP contribution in [0.1, 0.15) is 38.2 Å². The van der Waals surface area contributed by atoms with Gasteiger partial charge in [0.2, 0.25) is 0 Å². The highest BCUT2D eigenvalue weighted by Crippen LogP contribution is 2.28. The zero-order chi connectivity index (χ0) is 10.5. The van der Waals surface area contributed by atoms with E-state index in [1.54, 1.807) is 0 Å². The predicted octanol–water partition coefficient (Wildman–Crippen LogP) is 2.75. The summed E-state index contributed by atoms with van der Waals surface area (Å²) in [5, 5.41) is 3.66. The Morgan fingerprint density at radius 3 is 3.13 bits per heavy atom. The lowest BCUT2D eigenvalue weighted by atomic mass is 10.0. The first kappa shape index (κ1) is 10.6. The van der Waals surface area contributed by atoms with E-state index < -0.39 is 0 Å². The molecule has 0 amide bonds. The minimum absolute atomic E-state index is 0.732. The molecule has 0 aliphatic heterocycles. The first-order valence-electron chi connectivity index (χ1n) is 6.02. The van der Waals surface area contributed by atoms with Crippen molar-refractivity contribution in [3.63, 3.8) is 0 Å². The average molecular weight is 204 g/mol. The van der Waals surface area contributed by atoms with Gasteiger partial charge >= 0.3 is 0 Å². The number of pyridine rings is 1. The molecule has 1 heterocycles. The van der Waals surface area contributed by atoms with Crippen molar-refractivity contribution in [2.24, 2.45) is 5.92 Å². The van der Waals surface area contributed by atoms with Crippen LogP contribution in [0.3, 0.4) is 0 Å². The zero-order valence-electron chi connectivity index (χ0n) is 9.45. The first-order chi connectivity index (χ1) is 7.40. The fourth-order valence-corrected chi connectivity index (χ4v) is 2.55. The molecule has 2 rings (SSSR count). The van der Waals surface area contributed by atoms with Crippen molar-refractivity contribution in [2.45, 2.75) is 45.2 Å². The Morgan fingerprint density at radius 1 is 1.47 bits per heavy atom. The Kier molecular flexibility index (Phi) is 3.73. The maximum Gasteiger partial charge on any atom is 0.0312 e. The van der Waals surface area contributed by atoms with Crippen LogP contribution in [-0.2, 0) is 6.54 Å². The third-order valence-corrected chi connectivity index (χ3v) is 3.47. The van der Waals surface area contributed by atoms with Crippen LogP contribution < -0.4 is 5.32 Å². The first-order valence-corrected chi connectivity index (χ1v) is 6.02. The maximum absolute atomic E-state index is 4.13. The lowest BCUT2D eigenvalue weighted by Crippen LogP contribution is -2.31. The summed E-state index contributed by atoms with van der Waals surface area (Å²) in [6.45, 7) is 3.27. The molecule has 0 bridgehead atoms. The average Bonchev–Trinajstić information content (AvgIpc) is 2.75. The monoisotopic (exact) mass is 204 g/mol. The molecular formula is C13H20N2. The molecule has 2 unspecified atom stereocenters. The molecule has 0 spiro atoms. The molecule has 1 fully saturated rings. The summed E-state index contributed by atoms with van der Waals surface area (Å²) < 4.78 is 0. The highest BCUT2D eigenvalue weighted by Gasteiger charge is 2.24. The third-order valence-electron chi connectivity index (χ3n) is 3.47. The number of rotatable bonds is 4. The van der Waals surface area contributed by atoms with Crippen molar-refractivity contribution in [1.29, 1.82) is 0 Å². The Bertz CT molecular complexity index is 284. The van der Waals surface area contributed by atoms with Gasteiger partial charge in [-0.2, -0.15) is 0 Å². The molecule has 1 aliphatic carbocycles. The summed E-state index contributed by atoms with van der Waals surface area (Å²) in [4.78, 5) is 4.13. The van der Waals surface area contributed by atoms with Gasteiger partial charge in [0.1, 0.15) is 0 Å². The molecule has 1 aromatic rings. The van der Waals surface area contributed by atoms with Crippen LogP contribution in [0.2, 0.25) is 0 Å². The van der Waals surface area contributed by atoms with Crippen LogP contribution in [0.4, 0.5) is 0 Å². The largest absolute Gasteiger partial charge is 0.310 e. The van der Waals surface area contributed by atoms with Gasteiger partial charge in [-0.15, -0.1) is 0 Å². The summed E-state index contributed by atoms with van der Waals surface area (Å²) in [6, 6.07) is 4.87. The smallest absolute Gasteiger partial charge is 0.0312 e. The van der Waals surface area contributed by atoms with Crippen LogP contribution in [0.5, 0.6) is 0 Å². The zero-order valence-corrected chi connectivity index (χ0v) is 9.45. The topological polar surface area (TPSA) is 24.9 Å². The van der Waals surface area contributed by atoms with Gasteiger partial charge in [-0.3, -0.25) is 4.98 Å². The van der Waals surface area contributed by atoms with Crippen LogP contribution in [0.25, 0.3) is 0 Å². The Morgan fingerprint density at radius 2 is 2.40 bits per heavy atom. The van der Waals surface area contributed by atoms with E-state index in [4.69, 9.17) is 0 Å². The van der Waals surface area contributed by atoms with Gasteiger partial charge in [0.05, 0.1) is 0 Å². The van der Waals surface area contributed by atoms with Crippen molar-refractivity contribution in [1.82, 2.24) is 10.3 Å². The molecule has 1 aromatic heterocycles. The Labute approximate surface area is 92.1 Å². The van der Waals surface area contributed by atoms with Crippen molar-refractivity contribution in [3.8, 4) is 0 Å². The number of nitrogens with zero attached hydrogens (tertiary/aromatic N) is 1. The van der Waals surface area contributed by atoms with Crippen molar-refractivity contribution < 1.29 is 0 Å². The Balaban J connectivity index is 1.83. The predicted molar refractivity (Wildman–Crippen MR) is 62.5 cm³/mol. The van der Waals surface area contributed by atoms with Gasteiger partial charge in [0.25, 0.3) is 0 Å². The summed E-state index contributed by atoms with van der Waals surface area (Å²) >= 11 is 0. The second-order valence-electron chi connectivity index (χ2n) is 4.45. The summed E-state index contributed by atoms with van der Waals surface area (Å²) in [7, 11) is 0. The molecule has 15 heavy (non-hydrogen) atoms. The second kappa shape index (κ2) is 5.26. The lowest BCUT2D eigenvalue weighted by molar-refractivity contribution is 0.389. The van der Waals surface area contributed by atoms with Crippen LogP contribution in [0.15, 0.2) is 24.5 Å². The standard InChI is InChI=1S/C13H20N2/c1-2-12-6-3-7-13(12)15-10-11-5-4-8-14-9-11/h4-5,8-9,12-13,15H,2-3,6-7,10H2,1H3. The molecule has 1 aliphatic rings. The second-order valence-corrected chi connectivity index (χ2v) is 4.45. The summed E-state index contributed by atoms with van der Waals surface area (Å²) in [6.07, 6.45) is 9.23. The maximum atomic E-state index is 4.13. The summed E-state index contributed by atoms with van der Waals surface area (Å²) in [5.74, 6) is 0.890. The van der Waals surface area contributed by atoms with E-state index in [9.17, 15) is 0 Å². The quantitative estimate of drug-likeness (QED) is 0.815. The van der Waals surface area contributed by atoms with Gasteiger partial charge in [-0.25, -0.2) is 0 Å². The van der Waals surface area contributed by atoms with Crippen LogP contribution in [0, 0.1) is 5.92 Å². The molecule has 82 valence electrons. The van der Waals surface area contributed by atoms with Gasteiger partial charge in [0, 0.05) is 25.0 Å². The van der Waals surface area contributed by atoms with E-state index in [2.05, 4.69) is 23.3 Å². The van der Waals surface area contributed by atoms with Gasteiger partial charge in [-0.1, -0.05) is 25.8 Å². The fraction of sp³-hybridized carbons (Fsp3) is 0.615. The van der Waals surface area contributed by atoms with E-state index in [1.165, 1.54) is 31.2 Å². The van der Waals surface area contributed by atoms with Crippen LogP contribution in [-0.4, -0.2) is 11.0 Å². The molecule has 1 saturated carbocycles. The minimum Gasteiger partial charge on any atom is -0.310 e. The number of hydrogen-bond acceptors (Lipinski definition) is 2. The van der Waals surface area contributed by atoms with E-state index in [0.717, 1.165) is 18.5 Å². The SMILES string of the molecule is CCC1CCCC1NCc1cccnc1. The van der Waals surface area contributed by atoms with E-state index in [0.29, 0.717) is 0 Å². The molecule has 1 N–H and O–H groups in total. The molecule has 2 atom stereocenters. The molecule has 0 aromatic carbocycles. The van der Waals surface area contributed by atoms with Crippen LogP contribution >= 0.6 is 0 Å². The third kappa shape index (κ3) is 2.78. The molecule has 2 heteroatoms. The van der Waals surface area contributed by atoms with Gasteiger partial charge in [0.15, 0.2) is 0 Å².